The number of aliphatic hydroxyl groups excluding tert-OH is 1. The molecule has 0 bridgehead atoms. The number of pyridine rings is 1. The van der Waals surface area contributed by atoms with E-state index in [-0.39, 0.29) is 0 Å². The van der Waals surface area contributed by atoms with Crippen LogP contribution in [0.4, 0.5) is 4.39 Å². The Kier molecular flexibility index (Phi) is 2.95. The van der Waals surface area contributed by atoms with Gasteiger partial charge in [-0.3, -0.25) is 0 Å². The van der Waals surface area contributed by atoms with E-state index >= 15 is 0 Å². The molecule has 0 spiro atoms. The zero-order valence-electron chi connectivity index (χ0n) is 7.66. The van der Waals surface area contributed by atoms with Crippen LogP contribution in [-0.2, 0) is 0 Å². The summed E-state index contributed by atoms with van der Waals surface area (Å²) in [6, 6.07) is 0.797. The van der Waals surface area contributed by atoms with Crippen molar-refractivity contribution in [1.29, 1.82) is 0 Å². The maximum absolute atomic E-state index is 12.6. The van der Waals surface area contributed by atoms with E-state index < -0.39 is 18.1 Å². The Morgan fingerprint density at radius 1 is 1.62 bits per heavy atom. The second-order valence-corrected chi connectivity index (χ2v) is 3.13. The molecule has 0 aliphatic carbocycles. The fourth-order valence-corrected chi connectivity index (χ4v) is 1.14. The van der Waals surface area contributed by atoms with Gasteiger partial charge in [0.2, 0.25) is 5.95 Å². The van der Waals surface area contributed by atoms with Crippen LogP contribution in [0.25, 0.3) is 0 Å². The van der Waals surface area contributed by atoms with Gasteiger partial charge in [-0.15, -0.1) is 0 Å². The van der Waals surface area contributed by atoms with Gasteiger partial charge in [-0.2, -0.15) is 4.39 Å². The summed E-state index contributed by atoms with van der Waals surface area (Å²) in [7, 11) is 0. The summed E-state index contributed by atoms with van der Waals surface area (Å²) in [5.74, 6) is -0.529. The number of halogens is 1. The molecule has 0 saturated heterocycles. The zero-order valence-corrected chi connectivity index (χ0v) is 7.66. The lowest BCUT2D eigenvalue weighted by Crippen LogP contribution is -2.24. The van der Waals surface area contributed by atoms with Gasteiger partial charge in [-0.05, 0) is 31.0 Å². The van der Waals surface area contributed by atoms with Crippen LogP contribution >= 0.6 is 0 Å². The van der Waals surface area contributed by atoms with Crippen LogP contribution in [0, 0.1) is 12.9 Å². The van der Waals surface area contributed by atoms with Crippen molar-refractivity contribution in [2.45, 2.75) is 26.0 Å². The number of nitrogens with two attached hydrogens (primary N) is 1. The minimum atomic E-state index is -0.661. The van der Waals surface area contributed by atoms with Gasteiger partial charge >= 0.3 is 0 Å². The fourth-order valence-electron chi connectivity index (χ4n) is 1.14. The Hall–Kier alpha value is -1.00. The Labute approximate surface area is 76.4 Å². The van der Waals surface area contributed by atoms with Gasteiger partial charge in [0.05, 0.1) is 12.1 Å². The van der Waals surface area contributed by atoms with Crippen LogP contribution in [0.5, 0.6) is 0 Å². The van der Waals surface area contributed by atoms with Crippen LogP contribution in [0.3, 0.4) is 0 Å². The molecule has 4 heteroatoms. The number of hydrogen-bond acceptors (Lipinski definition) is 3. The van der Waals surface area contributed by atoms with E-state index in [1.165, 1.54) is 12.3 Å². The highest BCUT2D eigenvalue weighted by atomic mass is 19.1. The molecule has 0 amide bonds. The molecular formula is C9H13FN2O. The highest BCUT2D eigenvalue weighted by Gasteiger charge is 2.14. The van der Waals surface area contributed by atoms with Crippen molar-refractivity contribution in [3.8, 4) is 0 Å². The third-order valence-electron chi connectivity index (χ3n) is 2.00. The summed E-state index contributed by atoms with van der Waals surface area (Å²) in [5, 5.41) is 9.22. The average molecular weight is 184 g/mol. The summed E-state index contributed by atoms with van der Waals surface area (Å²) < 4.78 is 12.6. The molecule has 1 aromatic rings. The van der Waals surface area contributed by atoms with Gasteiger partial charge in [0.25, 0.3) is 0 Å². The number of rotatable bonds is 2. The molecule has 2 atom stereocenters. The maximum Gasteiger partial charge on any atom is 0.213 e. The molecule has 0 fully saturated rings. The quantitative estimate of drug-likeness (QED) is 0.671. The van der Waals surface area contributed by atoms with E-state index in [9.17, 15) is 9.50 Å². The van der Waals surface area contributed by atoms with E-state index in [4.69, 9.17) is 5.73 Å². The molecule has 13 heavy (non-hydrogen) atoms. The first-order chi connectivity index (χ1) is 6.02. The molecular weight excluding hydrogens is 171 g/mol. The second kappa shape index (κ2) is 3.81. The first kappa shape index (κ1) is 10.1. The molecule has 72 valence electrons. The Balaban J connectivity index is 3.01. The summed E-state index contributed by atoms with van der Waals surface area (Å²) in [6.07, 6.45) is 0.702. The van der Waals surface area contributed by atoms with Crippen LogP contribution in [0.2, 0.25) is 0 Å². The standard InChI is InChI=1S/C9H13FN2O/c1-5-3-8(10)12-4-7(5)9(11)6(2)13/h3-4,6,9,13H,11H2,1-2H3/t6-,9+/m0/s1. The summed E-state index contributed by atoms with van der Waals surface area (Å²) >= 11 is 0. The number of hydrogen-bond donors (Lipinski definition) is 2. The third kappa shape index (κ3) is 2.23. The predicted octanol–water partition coefficient (Wildman–Crippen LogP) is 0.910. The van der Waals surface area contributed by atoms with Gasteiger partial charge in [0.1, 0.15) is 0 Å². The Morgan fingerprint density at radius 3 is 2.69 bits per heavy atom. The minimum Gasteiger partial charge on any atom is -0.391 e. The summed E-state index contributed by atoms with van der Waals surface area (Å²) in [4.78, 5) is 3.49. The molecule has 3 nitrogen and oxygen atoms in total. The third-order valence-corrected chi connectivity index (χ3v) is 2.00. The van der Waals surface area contributed by atoms with E-state index in [0.29, 0.717) is 11.1 Å². The van der Waals surface area contributed by atoms with Crippen LogP contribution in [-0.4, -0.2) is 16.2 Å². The fraction of sp³-hybridized carbons (Fsp3) is 0.444. The zero-order chi connectivity index (χ0) is 10.0. The molecule has 1 rings (SSSR count). The number of aliphatic hydroxyl groups is 1. The topological polar surface area (TPSA) is 59.1 Å². The first-order valence-electron chi connectivity index (χ1n) is 4.08. The molecule has 0 saturated carbocycles. The smallest absolute Gasteiger partial charge is 0.213 e. The van der Waals surface area contributed by atoms with Gasteiger partial charge in [0, 0.05) is 6.20 Å². The van der Waals surface area contributed by atoms with Crippen molar-refractivity contribution in [2.24, 2.45) is 5.73 Å². The van der Waals surface area contributed by atoms with Crippen molar-refractivity contribution < 1.29 is 9.50 Å². The molecule has 0 aromatic carbocycles. The number of nitrogens with zero attached hydrogens (tertiary/aromatic N) is 1. The van der Waals surface area contributed by atoms with Gasteiger partial charge in [-0.25, -0.2) is 4.98 Å². The number of aromatic nitrogens is 1. The molecule has 1 aromatic heterocycles. The van der Waals surface area contributed by atoms with Crippen LogP contribution in [0.1, 0.15) is 24.1 Å². The van der Waals surface area contributed by atoms with E-state index in [1.54, 1.807) is 13.8 Å². The van der Waals surface area contributed by atoms with Crippen molar-refractivity contribution in [2.75, 3.05) is 0 Å². The van der Waals surface area contributed by atoms with Crippen LogP contribution < -0.4 is 5.73 Å². The maximum atomic E-state index is 12.6. The lowest BCUT2D eigenvalue weighted by molar-refractivity contribution is 0.164. The van der Waals surface area contributed by atoms with Crippen molar-refractivity contribution in [1.82, 2.24) is 4.98 Å². The van der Waals surface area contributed by atoms with Gasteiger partial charge < -0.3 is 10.8 Å². The number of aryl methyl sites for hydroxylation is 1. The summed E-state index contributed by atoms with van der Waals surface area (Å²) in [6.45, 7) is 3.33. The van der Waals surface area contributed by atoms with E-state index in [2.05, 4.69) is 4.98 Å². The SMILES string of the molecule is Cc1cc(F)ncc1[C@H](N)[C@H](C)O. The van der Waals surface area contributed by atoms with E-state index in [1.807, 2.05) is 0 Å². The average Bonchev–Trinajstić information content (AvgIpc) is 2.03. The van der Waals surface area contributed by atoms with Crippen LogP contribution in [0.15, 0.2) is 12.3 Å². The Morgan fingerprint density at radius 2 is 2.23 bits per heavy atom. The normalized spacial score (nSPS) is 15.5. The lowest BCUT2D eigenvalue weighted by Gasteiger charge is -2.16. The minimum absolute atomic E-state index is 0.506. The molecule has 0 unspecified atom stereocenters. The molecule has 0 aliphatic rings. The second-order valence-electron chi connectivity index (χ2n) is 3.13. The van der Waals surface area contributed by atoms with Crippen molar-refractivity contribution in [3.05, 3.63) is 29.3 Å². The highest BCUT2D eigenvalue weighted by molar-refractivity contribution is 5.25. The van der Waals surface area contributed by atoms with Crippen molar-refractivity contribution >= 4 is 0 Å². The summed E-state index contributed by atoms with van der Waals surface area (Å²) in [5.41, 5.74) is 7.06. The molecule has 0 radical (unpaired) electrons. The van der Waals surface area contributed by atoms with Gasteiger partial charge in [-0.1, -0.05) is 0 Å². The van der Waals surface area contributed by atoms with E-state index in [0.717, 1.165) is 0 Å². The predicted molar refractivity (Wildman–Crippen MR) is 47.5 cm³/mol. The monoisotopic (exact) mass is 184 g/mol. The first-order valence-corrected chi connectivity index (χ1v) is 4.08. The molecule has 0 aliphatic heterocycles. The van der Waals surface area contributed by atoms with Crippen molar-refractivity contribution in [3.63, 3.8) is 0 Å². The highest BCUT2D eigenvalue weighted by Crippen LogP contribution is 2.17. The lowest BCUT2D eigenvalue weighted by atomic mass is 10.0. The Bertz CT molecular complexity index is 302. The molecule has 3 N–H and O–H groups in total. The molecule has 1 heterocycles. The largest absolute Gasteiger partial charge is 0.391 e. The van der Waals surface area contributed by atoms with Gasteiger partial charge in [0.15, 0.2) is 0 Å².